The SMILES string of the molecule is CC(C)CN1C(=O)c2ccccc2C(C(=O)O)C1c1ccccn1. The lowest BCUT2D eigenvalue weighted by Crippen LogP contribution is -2.46. The van der Waals surface area contributed by atoms with Crippen LogP contribution in [0.3, 0.4) is 0 Å². The van der Waals surface area contributed by atoms with Gasteiger partial charge in [0.1, 0.15) is 5.92 Å². The lowest BCUT2D eigenvalue weighted by Gasteiger charge is -2.41. The van der Waals surface area contributed by atoms with Gasteiger partial charge in [-0.2, -0.15) is 0 Å². The molecule has 2 heterocycles. The maximum absolute atomic E-state index is 13.0. The molecule has 2 aromatic rings. The van der Waals surface area contributed by atoms with Gasteiger partial charge in [-0.25, -0.2) is 0 Å². The minimum absolute atomic E-state index is 0.132. The summed E-state index contributed by atoms with van der Waals surface area (Å²) >= 11 is 0. The van der Waals surface area contributed by atoms with Gasteiger partial charge in [0.2, 0.25) is 0 Å². The Hall–Kier alpha value is -2.69. The zero-order chi connectivity index (χ0) is 17.3. The molecular weight excluding hydrogens is 304 g/mol. The summed E-state index contributed by atoms with van der Waals surface area (Å²) < 4.78 is 0. The van der Waals surface area contributed by atoms with Crippen molar-refractivity contribution in [3.8, 4) is 0 Å². The first-order chi connectivity index (χ1) is 11.5. The van der Waals surface area contributed by atoms with Crippen LogP contribution in [0.5, 0.6) is 0 Å². The molecule has 0 saturated carbocycles. The normalized spacial score (nSPS) is 20.1. The average molecular weight is 324 g/mol. The van der Waals surface area contributed by atoms with E-state index in [2.05, 4.69) is 4.98 Å². The number of carbonyl (C=O) groups is 2. The Morgan fingerprint density at radius 3 is 2.54 bits per heavy atom. The summed E-state index contributed by atoms with van der Waals surface area (Å²) in [6.07, 6.45) is 1.63. The molecule has 2 atom stereocenters. The lowest BCUT2D eigenvalue weighted by molar-refractivity contribution is -0.140. The van der Waals surface area contributed by atoms with Crippen molar-refractivity contribution >= 4 is 11.9 Å². The van der Waals surface area contributed by atoms with Crippen LogP contribution in [-0.4, -0.2) is 33.4 Å². The minimum Gasteiger partial charge on any atom is -0.481 e. The van der Waals surface area contributed by atoms with Crippen molar-refractivity contribution in [3.63, 3.8) is 0 Å². The number of hydrogen-bond donors (Lipinski definition) is 1. The summed E-state index contributed by atoms with van der Waals surface area (Å²) in [5, 5.41) is 9.89. The highest BCUT2D eigenvalue weighted by atomic mass is 16.4. The average Bonchev–Trinajstić information content (AvgIpc) is 2.57. The van der Waals surface area contributed by atoms with Gasteiger partial charge < -0.3 is 10.0 Å². The van der Waals surface area contributed by atoms with Crippen molar-refractivity contribution in [1.82, 2.24) is 9.88 Å². The van der Waals surface area contributed by atoms with Gasteiger partial charge >= 0.3 is 5.97 Å². The fraction of sp³-hybridized carbons (Fsp3) is 0.316. The maximum atomic E-state index is 13.0. The van der Waals surface area contributed by atoms with Crippen LogP contribution in [0.2, 0.25) is 0 Å². The number of aliphatic carboxylic acids is 1. The van der Waals surface area contributed by atoms with Crippen molar-refractivity contribution < 1.29 is 14.7 Å². The third-order valence-electron chi connectivity index (χ3n) is 4.26. The number of rotatable bonds is 4. The molecule has 0 saturated heterocycles. The van der Waals surface area contributed by atoms with E-state index in [4.69, 9.17) is 0 Å². The third kappa shape index (κ3) is 2.77. The molecule has 5 nitrogen and oxygen atoms in total. The molecule has 2 unspecified atom stereocenters. The van der Waals surface area contributed by atoms with Crippen molar-refractivity contribution in [2.75, 3.05) is 6.54 Å². The van der Waals surface area contributed by atoms with E-state index < -0.39 is 17.9 Å². The number of carboxylic acids is 1. The molecule has 1 amide bonds. The van der Waals surface area contributed by atoms with Gasteiger partial charge in [0.25, 0.3) is 5.91 Å². The Bertz CT molecular complexity index is 758. The molecule has 1 aliphatic heterocycles. The largest absolute Gasteiger partial charge is 0.481 e. The zero-order valence-electron chi connectivity index (χ0n) is 13.7. The van der Waals surface area contributed by atoms with Crippen molar-refractivity contribution in [2.45, 2.75) is 25.8 Å². The van der Waals surface area contributed by atoms with E-state index in [1.54, 1.807) is 47.5 Å². The molecule has 1 N–H and O–H groups in total. The van der Waals surface area contributed by atoms with E-state index in [-0.39, 0.29) is 11.8 Å². The molecule has 5 heteroatoms. The summed E-state index contributed by atoms with van der Waals surface area (Å²) in [7, 11) is 0. The molecule has 1 aliphatic rings. The summed E-state index contributed by atoms with van der Waals surface area (Å²) in [5.41, 5.74) is 1.64. The second kappa shape index (κ2) is 6.43. The van der Waals surface area contributed by atoms with Crippen molar-refractivity contribution in [2.24, 2.45) is 5.92 Å². The maximum Gasteiger partial charge on any atom is 0.313 e. The third-order valence-corrected chi connectivity index (χ3v) is 4.26. The molecule has 124 valence electrons. The highest BCUT2D eigenvalue weighted by Gasteiger charge is 2.44. The summed E-state index contributed by atoms with van der Waals surface area (Å²) in [5.74, 6) is -1.68. The van der Waals surface area contributed by atoms with Gasteiger partial charge in [0.15, 0.2) is 0 Å². The Labute approximate surface area is 140 Å². The molecule has 0 bridgehead atoms. The van der Waals surface area contributed by atoms with E-state index in [1.165, 1.54) is 0 Å². The van der Waals surface area contributed by atoms with Crippen LogP contribution in [0.1, 0.15) is 47.4 Å². The first kappa shape index (κ1) is 16.2. The lowest BCUT2D eigenvalue weighted by atomic mass is 9.81. The highest BCUT2D eigenvalue weighted by molar-refractivity contribution is 6.00. The molecule has 0 spiro atoms. The topological polar surface area (TPSA) is 70.5 Å². The summed E-state index contributed by atoms with van der Waals surface area (Å²) in [4.78, 5) is 31.1. The molecule has 1 aromatic carbocycles. The Kier molecular flexibility index (Phi) is 4.34. The van der Waals surface area contributed by atoms with Gasteiger partial charge in [-0.3, -0.25) is 14.6 Å². The van der Waals surface area contributed by atoms with Gasteiger partial charge in [-0.1, -0.05) is 38.1 Å². The molecular formula is C19H20N2O3. The van der Waals surface area contributed by atoms with E-state index in [1.807, 2.05) is 19.9 Å². The van der Waals surface area contributed by atoms with E-state index >= 15 is 0 Å². The molecule has 0 aliphatic carbocycles. The zero-order valence-corrected chi connectivity index (χ0v) is 13.7. The first-order valence-corrected chi connectivity index (χ1v) is 8.04. The Morgan fingerprint density at radius 2 is 1.92 bits per heavy atom. The van der Waals surface area contributed by atoms with Gasteiger partial charge in [0.05, 0.1) is 11.7 Å². The van der Waals surface area contributed by atoms with Crippen molar-refractivity contribution in [3.05, 3.63) is 65.5 Å². The van der Waals surface area contributed by atoms with Crippen LogP contribution >= 0.6 is 0 Å². The second-order valence-corrected chi connectivity index (χ2v) is 6.45. The number of amides is 1. The monoisotopic (exact) mass is 324 g/mol. The van der Waals surface area contributed by atoms with Gasteiger partial charge in [-0.05, 0) is 29.7 Å². The number of carboxylic acid groups (broad SMARTS) is 1. The first-order valence-electron chi connectivity index (χ1n) is 8.04. The second-order valence-electron chi connectivity index (χ2n) is 6.45. The standard InChI is InChI=1S/C19H20N2O3/c1-12(2)11-21-17(15-9-5-6-10-20-15)16(19(23)24)13-7-3-4-8-14(13)18(21)22/h3-10,12,16-17H,11H2,1-2H3,(H,23,24). The summed E-state index contributed by atoms with van der Waals surface area (Å²) in [6.45, 7) is 4.51. The van der Waals surface area contributed by atoms with Gasteiger partial charge in [-0.15, -0.1) is 0 Å². The minimum atomic E-state index is -0.945. The molecule has 1 aromatic heterocycles. The van der Waals surface area contributed by atoms with Gasteiger partial charge in [0, 0.05) is 18.3 Å². The number of carbonyl (C=O) groups excluding carboxylic acids is 1. The number of nitrogens with zero attached hydrogens (tertiary/aromatic N) is 2. The fourth-order valence-corrected chi connectivity index (χ4v) is 3.33. The quantitative estimate of drug-likeness (QED) is 0.938. The van der Waals surface area contributed by atoms with Crippen LogP contribution in [0.4, 0.5) is 0 Å². The molecule has 24 heavy (non-hydrogen) atoms. The molecule has 3 rings (SSSR count). The van der Waals surface area contributed by atoms with E-state index in [0.717, 1.165) is 0 Å². The van der Waals surface area contributed by atoms with Crippen LogP contribution < -0.4 is 0 Å². The van der Waals surface area contributed by atoms with E-state index in [9.17, 15) is 14.7 Å². The number of fused-ring (bicyclic) bond motifs is 1. The van der Waals surface area contributed by atoms with Crippen LogP contribution in [0.15, 0.2) is 48.7 Å². The number of benzene rings is 1. The van der Waals surface area contributed by atoms with Crippen LogP contribution in [0.25, 0.3) is 0 Å². The Morgan fingerprint density at radius 1 is 1.21 bits per heavy atom. The smallest absolute Gasteiger partial charge is 0.313 e. The van der Waals surface area contributed by atoms with Crippen LogP contribution in [-0.2, 0) is 4.79 Å². The molecule has 0 radical (unpaired) electrons. The number of hydrogen-bond acceptors (Lipinski definition) is 3. The van der Waals surface area contributed by atoms with E-state index in [0.29, 0.717) is 23.4 Å². The Balaban J connectivity index is 2.20. The summed E-state index contributed by atoms with van der Waals surface area (Å²) in [6, 6.07) is 11.8. The number of pyridine rings is 1. The van der Waals surface area contributed by atoms with Crippen molar-refractivity contribution in [1.29, 1.82) is 0 Å². The highest BCUT2D eigenvalue weighted by Crippen LogP contribution is 2.42. The van der Waals surface area contributed by atoms with Crippen LogP contribution in [0, 0.1) is 5.92 Å². The predicted molar refractivity (Wildman–Crippen MR) is 89.7 cm³/mol. The fourth-order valence-electron chi connectivity index (χ4n) is 3.33. The predicted octanol–water partition coefficient (Wildman–Crippen LogP) is 3.10. The molecule has 0 fully saturated rings. The number of aromatic nitrogens is 1.